The molecule has 21 heavy (non-hydrogen) atoms. The van der Waals surface area contributed by atoms with Gasteiger partial charge in [0, 0.05) is 18.0 Å². The van der Waals surface area contributed by atoms with Crippen LogP contribution in [-0.2, 0) is 10.0 Å². The number of nitrogens with zero attached hydrogens (tertiary/aromatic N) is 1. The van der Waals surface area contributed by atoms with Gasteiger partial charge in [0.1, 0.15) is 11.6 Å². The van der Waals surface area contributed by atoms with Gasteiger partial charge < -0.3 is 9.72 Å². The van der Waals surface area contributed by atoms with E-state index >= 15 is 0 Å². The fourth-order valence-corrected chi connectivity index (χ4v) is 3.28. The molecule has 0 saturated carbocycles. The van der Waals surface area contributed by atoms with E-state index in [1.807, 2.05) is 13.8 Å². The van der Waals surface area contributed by atoms with Gasteiger partial charge in [0.15, 0.2) is 0 Å². The zero-order chi connectivity index (χ0) is 15.5. The summed E-state index contributed by atoms with van der Waals surface area (Å²) in [5.74, 6) is 1.11. The van der Waals surface area contributed by atoms with E-state index in [1.54, 1.807) is 18.3 Å². The normalized spacial score (nSPS) is 13.1. The number of H-pyrrole nitrogens is 1. The highest BCUT2D eigenvalue weighted by Crippen LogP contribution is 2.21. The molecule has 0 fully saturated rings. The van der Waals surface area contributed by atoms with Crippen LogP contribution in [0.4, 0.5) is 0 Å². The molecule has 2 rings (SSSR count). The summed E-state index contributed by atoms with van der Waals surface area (Å²) in [6.07, 6.45) is 2.27. The van der Waals surface area contributed by atoms with Gasteiger partial charge in [0.05, 0.1) is 18.0 Å². The second-order valence-electron chi connectivity index (χ2n) is 4.71. The van der Waals surface area contributed by atoms with Crippen LogP contribution < -0.4 is 9.46 Å². The number of methoxy groups -OCH3 is 1. The molecular formula is C14H19N3O3S. The van der Waals surface area contributed by atoms with Gasteiger partial charge in [-0.15, -0.1) is 0 Å². The van der Waals surface area contributed by atoms with E-state index in [2.05, 4.69) is 14.7 Å². The van der Waals surface area contributed by atoms with Crippen LogP contribution in [0.25, 0.3) is 0 Å². The lowest BCUT2D eigenvalue weighted by molar-refractivity contribution is 0.413. The third kappa shape index (κ3) is 3.62. The zero-order valence-electron chi connectivity index (χ0n) is 12.3. The number of aromatic nitrogens is 2. The molecule has 0 aliphatic rings. The average Bonchev–Trinajstić information content (AvgIpc) is 2.91. The Morgan fingerprint density at radius 1 is 1.43 bits per heavy atom. The third-order valence-electron chi connectivity index (χ3n) is 3.11. The van der Waals surface area contributed by atoms with Crippen molar-refractivity contribution in [3.8, 4) is 5.75 Å². The van der Waals surface area contributed by atoms with Crippen LogP contribution in [0.15, 0.2) is 35.4 Å². The largest absolute Gasteiger partial charge is 0.497 e. The zero-order valence-corrected chi connectivity index (χ0v) is 13.1. The molecule has 0 aliphatic heterocycles. The van der Waals surface area contributed by atoms with Crippen LogP contribution in [0, 0.1) is 6.92 Å². The molecule has 1 atom stereocenters. The Morgan fingerprint density at radius 2 is 2.19 bits per heavy atom. The highest BCUT2D eigenvalue weighted by atomic mass is 32.2. The first kappa shape index (κ1) is 15.5. The Kier molecular flexibility index (Phi) is 4.64. The minimum absolute atomic E-state index is 0.170. The monoisotopic (exact) mass is 309 g/mol. The molecule has 6 nitrogen and oxygen atoms in total. The number of ether oxygens (including phenoxy) is 1. The van der Waals surface area contributed by atoms with E-state index < -0.39 is 16.1 Å². The number of imidazole rings is 1. The first-order valence-electron chi connectivity index (χ1n) is 6.64. The fraction of sp³-hybridized carbons (Fsp3) is 0.357. The smallest absolute Gasteiger partial charge is 0.241 e. The van der Waals surface area contributed by atoms with Crippen LogP contribution in [0.2, 0.25) is 0 Å². The van der Waals surface area contributed by atoms with E-state index in [-0.39, 0.29) is 4.90 Å². The summed E-state index contributed by atoms with van der Waals surface area (Å²) >= 11 is 0. The minimum atomic E-state index is -3.63. The topological polar surface area (TPSA) is 84.1 Å². The lowest BCUT2D eigenvalue weighted by atomic mass is 10.2. The summed E-state index contributed by atoms with van der Waals surface area (Å²) in [6, 6.07) is 5.97. The van der Waals surface area contributed by atoms with E-state index in [9.17, 15) is 8.42 Å². The highest BCUT2D eigenvalue weighted by molar-refractivity contribution is 7.89. The van der Waals surface area contributed by atoms with Gasteiger partial charge in [-0.2, -0.15) is 0 Å². The van der Waals surface area contributed by atoms with Crippen molar-refractivity contribution in [3.63, 3.8) is 0 Å². The number of rotatable bonds is 6. The summed E-state index contributed by atoms with van der Waals surface area (Å²) in [7, 11) is -2.13. The molecule has 2 aromatic rings. The van der Waals surface area contributed by atoms with Crippen LogP contribution in [0.5, 0.6) is 5.75 Å². The van der Waals surface area contributed by atoms with E-state index in [0.717, 1.165) is 5.69 Å². The molecule has 0 saturated heterocycles. The maximum Gasteiger partial charge on any atom is 0.241 e. The van der Waals surface area contributed by atoms with Gasteiger partial charge >= 0.3 is 0 Å². The molecule has 0 bridgehead atoms. The molecule has 7 heteroatoms. The molecule has 1 aromatic heterocycles. The lowest BCUT2D eigenvalue weighted by Gasteiger charge is -2.15. The Morgan fingerprint density at radius 3 is 2.76 bits per heavy atom. The van der Waals surface area contributed by atoms with E-state index in [1.165, 1.54) is 19.2 Å². The number of aromatic amines is 1. The number of benzene rings is 1. The van der Waals surface area contributed by atoms with Crippen LogP contribution in [-0.4, -0.2) is 25.5 Å². The maximum atomic E-state index is 12.4. The molecule has 1 aromatic carbocycles. The maximum absolute atomic E-state index is 12.4. The number of sulfonamides is 1. The summed E-state index contributed by atoms with van der Waals surface area (Å²) in [5, 5.41) is 0. The first-order chi connectivity index (χ1) is 9.96. The summed E-state index contributed by atoms with van der Waals surface area (Å²) < 4.78 is 32.6. The van der Waals surface area contributed by atoms with Crippen LogP contribution in [0.3, 0.4) is 0 Å². The van der Waals surface area contributed by atoms with Crippen LogP contribution >= 0.6 is 0 Å². The predicted octanol–water partition coefficient (Wildman–Crippen LogP) is 2.16. The number of nitrogens with one attached hydrogen (secondary N) is 2. The molecule has 1 heterocycles. The number of hydrogen-bond donors (Lipinski definition) is 2. The van der Waals surface area contributed by atoms with Crippen molar-refractivity contribution in [2.75, 3.05) is 7.11 Å². The van der Waals surface area contributed by atoms with Crippen LogP contribution in [0.1, 0.15) is 30.9 Å². The molecular weight excluding hydrogens is 290 g/mol. The summed E-state index contributed by atoms with van der Waals surface area (Å²) in [6.45, 7) is 3.77. The van der Waals surface area contributed by atoms with Crippen molar-refractivity contribution in [1.29, 1.82) is 0 Å². The Balaban J connectivity index is 2.26. The van der Waals surface area contributed by atoms with Crippen molar-refractivity contribution in [1.82, 2.24) is 14.7 Å². The second kappa shape index (κ2) is 6.28. The van der Waals surface area contributed by atoms with Gasteiger partial charge in [-0.3, -0.25) is 0 Å². The van der Waals surface area contributed by atoms with Crippen molar-refractivity contribution in [3.05, 3.63) is 42.0 Å². The minimum Gasteiger partial charge on any atom is -0.497 e. The molecule has 2 N–H and O–H groups in total. The van der Waals surface area contributed by atoms with Gasteiger partial charge in [-0.05, 0) is 25.5 Å². The summed E-state index contributed by atoms with van der Waals surface area (Å²) in [5.41, 5.74) is 0.893. The number of aryl methyl sites for hydroxylation is 1. The van der Waals surface area contributed by atoms with Crippen molar-refractivity contribution < 1.29 is 13.2 Å². The van der Waals surface area contributed by atoms with Crippen molar-refractivity contribution >= 4 is 10.0 Å². The molecule has 0 radical (unpaired) electrons. The first-order valence-corrected chi connectivity index (χ1v) is 8.12. The second-order valence-corrected chi connectivity index (χ2v) is 6.43. The quantitative estimate of drug-likeness (QED) is 0.856. The summed E-state index contributed by atoms with van der Waals surface area (Å²) in [4.78, 5) is 7.42. The molecule has 0 spiro atoms. The molecule has 1 unspecified atom stereocenters. The van der Waals surface area contributed by atoms with Gasteiger partial charge in [-0.25, -0.2) is 18.1 Å². The molecule has 0 amide bonds. The Labute approximate surface area is 124 Å². The fourth-order valence-electron chi connectivity index (χ4n) is 1.97. The predicted molar refractivity (Wildman–Crippen MR) is 79.7 cm³/mol. The van der Waals surface area contributed by atoms with Gasteiger partial charge in [-0.1, -0.05) is 13.0 Å². The van der Waals surface area contributed by atoms with Crippen molar-refractivity contribution in [2.45, 2.75) is 31.2 Å². The standard InChI is InChI=1S/C14H19N3O3S/c1-4-13(14-15-9-10(2)16-14)17-21(18,19)12-7-5-6-11(8-12)20-3/h5-9,13,17H,4H2,1-3H3,(H,15,16). The highest BCUT2D eigenvalue weighted by Gasteiger charge is 2.22. The Bertz CT molecular complexity index is 710. The van der Waals surface area contributed by atoms with E-state index in [4.69, 9.17) is 4.74 Å². The molecule has 114 valence electrons. The van der Waals surface area contributed by atoms with E-state index in [0.29, 0.717) is 18.0 Å². The van der Waals surface area contributed by atoms with Crippen molar-refractivity contribution in [2.24, 2.45) is 0 Å². The lowest BCUT2D eigenvalue weighted by Crippen LogP contribution is -2.29. The SMILES string of the molecule is CCC(NS(=O)(=O)c1cccc(OC)c1)c1ncc(C)[nH]1. The third-order valence-corrected chi connectivity index (χ3v) is 4.58. The number of hydrogen-bond acceptors (Lipinski definition) is 4. The average molecular weight is 309 g/mol. The van der Waals surface area contributed by atoms with Gasteiger partial charge in [0.2, 0.25) is 10.0 Å². The van der Waals surface area contributed by atoms with Gasteiger partial charge in [0.25, 0.3) is 0 Å². The molecule has 0 aliphatic carbocycles. The Hall–Kier alpha value is -1.86.